The smallest absolute Gasteiger partial charge is 0.224 e. The van der Waals surface area contributed by atoms with Crippen LogP contribution in [0.4, 0.5) is 26.4 Å². The normalized spacial score (nSPS) is 25.6. The van der Waals surface area contributed by atoms with Crippen molar-refractivity contribution in [2.24, 2.45) is 11.1 Å². The van der Waals surface area contributed by atoms with E-state index in [9.17, 15) is 18.7 Å². The minimum Gasteiger partial charge on any atom is -0.393 e. The SMILES string of the molecule is C[C@]1(C(N)=O)CC[C@@H](n2c(Nc3c(F)cc(C#N)cc3F)nc3cnc(N[C@@H]4CC[C@@H](O)C4)nc32)CC1. The number of nitrogens with one attached hydrogen (secondary N) is 2. The first-order chi connectivity index (χ1) is 17.7. The first-order valence-electron chi connectivity index (χ1n) is 12.3. The van der Waals surface area contributed by atoms with Gasteiger partial charge in [0.25, 0.3) is 0 Å². The van der Waals surface area contributed by atoms with Gasteiger partial charge in [-0.2, -0.15) is 10.2 Å². The van der Waals surface area contributed by atoms with Crippen molar-refractivity contribution in [1.82, 2.24) is 19.5 Å². The van der Waals surface area contributed by atoms with E-state index in [1.165, 1.54) is 0 Å². The van der Waals surface area contributed by atoms with Gasteiger partial charge in [-0.25, -0.2) is 18.7 Å². The number of hydrogen-bond acceptors (Lipinski definition) is 8. The molecule has 194 valence electrons. The quantitative estimate of drug-likeness (QED) is 0.392. The molecule has 2 heterocycles. The number of primary amides is 1. The number of aliphatic hydroxyl groups excluding tert-OH is 1. The van der Waals surface area contributed by atoms with Gasteiger partial charge in [-0.3, -0.25) is 9.36 Å². The summed E-state index contributed by atoms with van der Waals surface area (Å²) >= 11 is 0. The molecule has 5 N–H and O–H groups in total. The van der Waals surface area contributed by atoms with Crippen LogP contribution in [-0.2, 0) is 4.79 Å². The third-order valence-electron chi connectivity index (χ3n) is 7.60. The second kappa shape index (κ2) is 9.55. The van der Waals surface area contributed by atoms with Crippen LogP contribution in [0, 0.1) is 28.4 Å². The lowest BCUT2D eigenvalue weighted by molar-refractivity contribution is -0.128. The van der Waals surface area contributed by atoms with E-state index in [-0.39, 0.29) is 35.6 Å². The molecule has 37 heavy (non-hydrogen) atoms. The zero-order chi connectivity index (χ0) is 26.3. The van der Waals surface area contributed by atoms with Crippen molar-refractivity contribution in [3.8, 4) is 6.07 Å². The number of aromatic nitrogens is 4. The molecule has 3 aromatic rings. The molecule has 2 atom stereocenters. The molecule has 2 aromatic heterocycles. The number of aliphatic hydroxyl groups is 1. The molecule has 10 nitrogen and oxygen atoms in total. The maximum Gasteiger partial charge on any atom is 0.224 e. The second-order valence-electron chi connectivity index (χ2n) is 10.2. The molecule has 2 aliphatic rings. The van der Waals surface area contributed by atoms with Gasteiger partial charge in [0.2, 0.25) is 17.8 Å². The number of fused-ring (bicyclic) bond motifs is 1. The van der Waals surface area contributed by atoms with Crippen molar-refractivity contribution < 1.29 is 18.7 Å². The molecule has 2 fully saturated rings. The van der Waals surface area contributed by atoms with Gasteiger partial charge in [0, 0.05) is 17.5 Å². The lowest BCUT2D eigenvalue weighted by atomic mass is 9.73. The highest BCUT2D eigenvalue weighted by molar-refractivity contribution is 5.80. The lowest BCUT2D eigenvalue weighted by Gasteiger charge is -2.35. The molecule has 0 radical (unpaired) electrons. The van der Waals surface area contributed by atoms with Gasteiger partial charge in [0.15, 0.2) is 17.3 Å². The average molecular weight is 511 g/mol. The molecule has 0 spiro atoms. The zero-order valence-electron chi connectivity index (χ0n) is 20.3. The van der Waals surface area contributed by atoms with Crippen molar-refractivity contribution in [3.63, 3.8) is 0 Å². The maximum absolute atomic E-state index is 14.7. The number of rotatable bonds is 6. The van der Waals surface area contributed by atoms with Crippen LogP contribution in [0.3, 0.4) is 0 Å². The molecule has 0 aliphatic heterocycles. The largest absolute Gasteiger partial charge is 0.393 e. The van der Waals surface area contributed by atoms with E-state index in [1.807, 2.05) is 6.92 Å². The zero-order valence-corrected chi connectivity index (χ0v) is 20.3. The number of nitrogens with zero attached hydrogens (tertiary/aromatic N) is 5. The van der Waals surface area contributed by atoms with E-state index in [4.69, 9.17) is 11.0 Å². The maximum atomic E-state index is 14.7. The summed E-state index contributed by atoms with van der Waals surface area (Å²) in [5, 5.41) is 24.9. The minimum atomic E-state index is -0.923. The van der Waals surface area contributed by atoms with Crippen LogP contribution in [0.2, 0.25) is 0 Å². The monoisotopic (exact) mass is 510 g/mol. The Kier molecular flexibility index (Phi) is 6.41. The fourth-order valence-electron chi connectivity index (χ4n) is 5.28. The first kappa shape index (κ1) is 24.8. The average Bonchev–Trinajstić information content (AvgIpc) is 3.44. The second-order valence-corrected chi connectivity index (χ2v) is 10.2. The van der Waals surface area contributed by atoms with E-state index >= 15 is 0 Å². The fourth-order valence-corrected chi connectivity index (χ4v) is 5.28. The van der Waals surface area contributed by atoms with Gasteiger partial charge in [0.05, 0.1) is 23.9 Å². The standard InChI is InChI=1S/C25H28F2N8O2/c1-25(22(29)37)6-4-15(5-7-25)35-21-19(12-30-23(34-21)31-14-2-3-16(36)10-14)32-24(35)33-20-17(26)8-13(11-28)9-18(20)27/h8-9,12,14-16,36H,2-7,10H2,1H3,(H2,29,37)(H,32,33)(H,30,31,34)/t14-,15-,16-,25+/m1/s1. The molecule has 2 saturated carbocycles. The van der Waals surface area contributed by atoms with Crippen LogP contribution in [0.1, 0.15) is 63.5 Å². The van der Waals surface area contributed by atoms with Crippen LogP contribution < -0.4 is 16.4 Å². The minimum absolute atomic E-state index is 0.0363. The van der Waals surface area contributed by atoms with E-state index < -0.39 is 22.7 Å². The van der Waals surface area contributed by atoms with Crippen molar-refractivity contribution in [2.45, 2.75) is 70.1 Å². The number of carbonyl (C=O) groups is 1. The number of hydrogen-bond donors (Lipinski definition) is 4. The van der Waals surface area contributed by atoms with E-state index in [2.05, 4.69) is 25.6 Å². The number of halogens is 2. The highest BCUT2D eigenvalue weighted by Crippen LogP contribution is 2.43. The third-order valence-corrected chi connectivity index (χ3v) is 7.60. The predicted octanol–water partition coefficient (Wildman–Crippen LogP) is 3.65. The fraction of sp³-hybridized carbons (Fsp3) is 0.480. The number of nitrogens with two attached hydrogens (primary N) is 1. The van der Waals surface area contributed by atoms with Gasteiger partial charge in [-0.15, -0.1) is 0 Å². The van der Waals surface area contributed by atoms with Crippen LogP contribution in [-0.4, -0.2) is 42.7 Å². The summed E-state index contributed by atoms with van der Waals surface area (Å²) in [5.41, 5.74) is 5.34. The molecular weight excluding hydrogens is 482 g/mol. The Labute approximate surface area is 211 Å². The Hall–Kier alpha value is -3.85. The van der Waals surface area contributed by atoms with Gasteiger partial charge >= 0.3 is 0 Å². The number of benzene rings is 1. The highest BCUT2D eigenvalue weighted by Gasteiger charge is 2.38. The predicted molar refractivity (Wildman–Crippen MR) is 132 cm³/mol. The molecule has 0 saturated heterocycles. The number of amides is 1. The lowest BCUT2D eigenvalue weighted by Crippen LogP contribution is -2.38. The number of anilines is 3. The summed E-state index contributed by atoms with van der Waals surface area (Å²) in [6.45, 7) is 1.85. The Bertz CT molecular complexity index is 1370. The Morgan fingerprint density at radius 2 is 1.92 bits per heavy atom. The third kappa shape index (κ3) is 4.79. The van der Waals surface area contributed by atoms with Crippen molar-refractivity contribution >= 4 is 34.7 Å². The summed E-state index contributed by atoms with van der Waals surface area (Å²) in [6.07, 6.45) is 5.53. The summed E-state index contributed by atoms with van der Waals surface area (Å²) in [7, 11) is 0. The first-order valence-corrected chi connectivity index (χ1v) is 12.3. The van der Waals surface area contributed by atoms with E-state index in [0.29, 0.717) is 55.6 Å². The van der Waals surface area contributed by atoms with Gasteiger partial charge < -0.3 is 21.5 Å². The summed E-state index contributed by atoms with van der Waals surface area (Å²) in [6, 6.07) is 3.51. The molecule has 12 heteroatoms. The van der Waals surface area contributed by atoms with Crippen molar-refractivity contribution in [3.05, 3.63) is 35.5 Å². The van der Waals surface area contributed by atoms with Crippen LogP contribution in [0.25, 0.3) is 11.2 Å². The van der Waals surface area contributed by atoms with E-state index in [1.54, 1.807) is 16.8 Å². The van der Waals surface area contributed by atoms with Gasteiger partial charge in [-0.05, 0) is 57.1 Å². The van der Waals surface area contributed by atoms with Crippen LogP contribution in [0.15, 0.2) is 18.3 Å². The molecule has 1 amide bonds. The number of imidazole rings is 1. The van der Waals surface area contributed by atoms with Crippen LogP contribution >= 0.6 is 0 Å². The van der Waals surface area contributed by atoms with Crippen LogP contribution in [0.5, 0.6) is 0 Å². The summed E-state index contributed by atoms with van der Waals surface area (Å²) < 4.78 is 31.2. The number of carbonyl (C=O) groups excluding carboxylic acids is 1. The van der Waals surface area contributed by atoms with Gasteiger partial charge in [-0.1, -0.05) is 6.92 Å². The number of nitriles is 1. The Balaban J connectivity index is 1.54. The molecule has 0 unspecified atom stereocenters. The Morgan fingerprint density at radius 1 is 1.22 bits per heavy atom. The highest BCUT2D eigenvalue weighted by atomic mass is 19.1. The van der Waals surface area contributed by atoms with Crippen molar-refractivity contribution in [2.75, 3.05) is 10.6 Å². The van der Waals surface area contributed by atoms with Gasteiger partial charge in [0.1, 0.15) is 11.2 Å². The summed E-state index contributed by atoms with van der Waals surface area (Å²) in [4.78, 5) is 25.6. The molecule has 5 rings (SSSR count). The Morgan fingerprint density at radius 3 is 2.51 bits per heavy atom. The molecule has 0 bridgehead atoms. The molecule has 1 aromatic carbocycles. The summed E-state index contributed by atoms with van der Waals surface area (Å²) in [5.74, 6) is -1.66. The molecule has 2 aliphatic carbocycles. The topological polar surface area (TPSA) is 155 Å². The molecular formula is C25H28F2N8O2. The van der Waals surface area contributed by atoms with Crippen molar-refractivity contribution in [1.29, 1.82) is 5.26 Å². The van der Waals surface area contributed by atoms with E-state index in [0.717, 1.165) is 18.6 Å².